The van der Waals surface area contributed by atoms with E-state index in [9.17, 15) is 9.59 Å². The smallest absolute Gasteiger partial charge is 0.357 e. The average molecular weight is 289 g/mol. The van der Waals surface area contributed by atoms with Gasteiger partial charge >= 0.3 is 11.7 Å². The summed E-state index contributed by atoms with van der Waals surface area (Å²) in [6.45, 7) is 0. The highest BCUT2D eigenvalue weighted by molar-refractivity contribution is 7.12. The van der Waals surface area contributed by atoms with E-state index in [1.54, 1.807) is 17.0 Å². The SMILES string of the molecule is COC(=O)c1csc(-n2c(=O)n(C)c3ccccc32)n1. The van der Waals surface area contributed by atoms with Crippen LogP contribution in [0.1, 0.15) is 10.5 Å². The van der Waals surface area contributed by atoms with Gasteiger partial charge in [0.15, 0.2) is 10.8 Å². The van der Waals surface area contributed by atoms with Crippen molar-refractivity contribution in [1.29, 1.82) is 0 Å². The van der Waals surface area contributed by atoms with Crippen LogP contribution >= 0.6 is 11.3 Å². The van der Waals surface area contributed by atoms with Gasteiger partial charge < -0.3 is 4.74 Å². The topological polar surface area (TPSA) is 66.1 Å². The molecule has 0 fully saturated rings. The number of benzene rings is 1. The molecule has 0 amide bonds. The summed E-state index contributed by atoms with van der Waals surface area (Å²) in [6, 6.07) is 7.43. The predicted molar refractivity (Wildman–Crippen MR) is 75.5 cm³/mol. The number of fused-ring (bicyclic) bond motifs is 1. The number of aryl methyl sites for hydroxylation is 1. The molecule has 3 aromatic rings. The Kier molecular flexibility index (Phi) is 2.90. The Morgan fingerprint density at radius 1 is 1.30 bits per heavy atom. The molecule has 0 atom stereocenters. The Hall–Kier alpha value is -2.41. The number of esters is 1. The van der Waals surface area contributed by atoms with Crippen molar-refractivity contribution in [2.45, 2.75) is 0 Å². The van der Waals surface area contributed by atoms with E-state index in [0.717, 1.165) is 11.0 Å². The fraction of sp³-hybridized carbons (Fsp3) is 0.154. The minimum atomic E-state index is -0.513. The molecule has 1 aromatic carbocycles. The maximum atomic E-state index is 12.3. The van der Waals surface area contributed by atoms with Crippen LogP contribution < -0.4 is 5.69 Å². The molecule has 0 N–H and O–H groups in total. The lowest BCUT2D eigenvalue weighted by Gasteiger charge is -1.97. The average Bonchev–Trinajstić information content (AvgIpc) is 3.04. The van der Waals surface area contributed by atoms with Crippen LogP contribution in [0.5, 0.6) is 0 Å². The second-order valence-electron chi connectivity index (χ2n) is 4.17. The van der Waals surface area contributed by atoms with E-state index in [1.165, 1.54) is 23.0 Å². The van der Waals surface area contributed by atoms with Crippen molar-refractivity contribution in [3.63, 3.8) is 0 Å². The molecule has 7 heteroatoms. The molecule has 2 heterocycles. The normalized spacial score (nSPS) is 10.9. The third kappa shape index (κ3) is 1.75. The molecule has 0 aliphatic rings. The van der Waals surface area contributed by atoms with Crippen LogP contribution in [0.2, 0.25) is 0 Å². The number of thiazole rings is 1. The molecular formula is C13H11N3O3S. The van der Waals surface area contributed by atoms with Crippen LogP contribution in [0.3, 0.4) is 0 Å². The van der Waals surface area contributed by atoms with E-state index in [-0.39, 0.29) is 11.4 Å². The molecule has 6 nitrogen and oxygen atoms in total. The highest BCUT2D eigenvalue weighted by atomic mass is 32.1. The highest BCUT2D eigenvalue weighted by Crippen LogP contribution is 2.20. The molecule has 3 rings (SSSR count). The second-order valence-corrected chi connectivity index (χ2v) is 5.01. The summed E-state index contributed by atoms with van der Waals surface area (Å²) in [4.78, 5) is 27.9. The fourth-order valence-electron chi connectivity index (χ4n) is 2.04. The van der Waals surface area contributed by atoms with Crippen LogP contribution in [-0.2, 0) is 11.8 Å². The number of para-hydroxylation sites is 2. The Morgan fingerprint density at radius 3 is 2.70 bits per heavy atom. The van der Waals surface area contributed by atoms with Crippen molar-refractivity contribution in [2.24, 2.45) is 7.05 Å². The minimum absolute atomic E-state index is 0.197. The van der Waals surface area contributed by atoms with Gasteiger partial charge in [-0.2, -0.15) is 0 Å². The van der Waals surface area contributed by atoms with Crippen molar-refractivity contribution in [3.8, 4) is 5.13 Å². The maximum absolute atomic E-state index is 12.3. The molecule has 0 aliphatic heterocycles. The van der Waals surface area contributed by atoms with E-state index >= 15 is 0 Å². The zero-order valence-electron chi connectivity index (χ0n) is 10.9. The Labute approximate surface area is 117 Å². The summed E-state index contributed by atoms with van der Waals surface area (Å²) in [5.41, 5.74) is 1.57. The van der Waals surface area contributed by atoms with E-state index in [0.29, 0.717) is 5.13 Å². The van der Waals surface area contributed by atoms with E-state index in [1.807, 2.05) is 24.3 Å². The van der Waals surface area contributed by atoms with Gasteiger partial charge in [-0.15, -0.1) is 11.3 Å². The van der Waals surface area contributed by atoms with Crippen LogP contribution in [0, 0.1) is 0 Å². The maximum Gasteiger partial charge on any atom is 0.357 e. The van der Waals surface area contributed by atoms with Gasteiger partial charge in [0.1, 0.15) is 0 Å². The summed E-state index contributed by atoms with van der Waals surface area (Å²) in [7, 11) is 3.00. The number of hydrogen-bond donors (Lipinski definition) is 0. The molecule has 0 saturated heterocycles. The van der Waals surface area contributed by atoms with Crippen molar-refractivity contribution in [3.05, 3.63) is 45.8 Å². The highest BCUT2D eigenvalue weighted by Gasteiger charge is 2.17. The monoisotopic (exact) mass is 289 g/mol. The predicted octanol–water partition coefficient (Wildman–Crippen LogP) is 1.57. The Morgan fingerprint density at radius 2 is 2.00 bits per heavy atom. The molecule has 102 valence electrons. The van der Waals surface area contributed by atoms with Crippen molar-refractivity contribution in [1.82, 2.24) is 14.1 Å². The first kappa shape index (κ1) is 12.6. The van der Waals surface area contributed by atoms with Crippen LogP contribution in [0.25, 0.3) is 16.2 Å². The van der Waals surface area contributed by atoms with Gasteiger partial charge in [-0.1, -0.05) is 12.1 Å². The molecule has 0 spiro atoms. The lowest BCUT2D eigenvalue weighted by molar-refractivity contribution is 0.0595. The van der Waals surface area contributed by atoms with Crippen LogP contribution in [0.4, 0.5) is 0 Å². The van der Waals surface area contributed by atoms with Gasteiger partial charge in [0.2, 0.25) is 0 Å². The number of hydrogen-bond acceptors (Lipinski definition) is 5. The third-order valence-electron chi connectivity index (χ3n) is 3.04. The zero-order valence-corrected chi connectivity index (χ0v) is 11.7. The quantitative estimate of drug-likeness (QED) is 0.672. The van der Waals surface area contributed by atoms with Gasteiger partial charge in [-0.25, -0.2) is 19.1 Å². The second kappa shape index (κ2) is 4.61. The minimum Gasteiger partial charge on any atom is -0.464 e. The standard InChI is InChI=1S/C13H11N3O3S/c1-15-9-5-3-4-6-10(9)16(13(15)18)12-14-8(7-20-12)11(17)19-2/h3-7H,1-2H3. The summed E-state index contributed by atoms with van der Waals surface area (Å²) < 4.78 is 7.66. The molecule has 0 aliphatic carbocycles. The van der Waals surface area contributed by atoms with Gasteiger partial charge in [0.25, 0.3) is 0 Å². The number of imidazole rings is 1. The van der Waals surface area contributed by atoms with Gasteiger partial charge in [-0.3, -0.25) is 4.57 Å². The van der Waals surface area contributed by atoms with Crippen molar-refractivity contribution >= 4 is 28.3 Å². The molecule has 0 unspecified atom stereocenters. The molecule has 0 saturated carbocycles. The summed E-state index contributed by atoms with van der Waals surface area (Å²) >= 11 is 1.23. The lowest BCUT2D eigenvalue weighted by Crippen LogP contribution is -2.20. The number of ether oxygens (including phenoxy) is 1. The fourth-order valence-corrected chi connectivity index (χ4v) is 2.84. The van der Waals surface area contributed by atoms with Gasteiger partial charge in [0, 0.05) is 12.4 Å². The first-order valence-corrected chi connectivity index (χ1v) is 6.72. The zero-order chi connectivity index (χ0) is 14.3. The summed E-state index contributed by atoms with van der Waals surface area (Å²) in [5, 5.41) is 2.03. The first-order valence-electron chi connectivity index (χ1n) is 5.84. The van der Waals surface area contributed by atoms with Crippen LogP contribution in [-0.4, -0.2) is 27.2 Å². The molecule has 20 heavy (non-hydrogen) atoms. The van der Waals surface area contributed by atoms with Gasteiger partial charge in [0.05, 0.1) is 18.1 Å². The number of aromatic nitrogens is 3. The molecule has 2 aromatic heterocycles. The summed E-state index contributed by atoms with van der Waals surface area (Å²) in [6.07, 6.45) is 0. The van der Waals surface area contributed by atoms with E-state index < -0.39 is 5.97 Å². The van der Waals surface area contributed by atoms with Crippen LogP contribution in [0.15, 0.2) is 34.4 Å². The number of methoxy groups -OCH3 is 1. The van der Waals surface area contributed by atoms with Gasteiger partial charge in [-0.05, 0) is 12.1 Å². The number of carbonyl (C=O) groups is 1. The molecule has 0 bridgehead atoms. The Bertz CT molecular complexity index is 859. The summed E-state index contributed by atoms with van der Waals surface area (Å²) in [5.74, 6) is -0.513. The number of rotatable bonds is 2. The number of carbonyl (C=O) groups excluding carboxylic acids is 1. The van der Waals surface area contributed by atoms with Crippen molar-refractivity contribution in [2.75, 3.05) is 7.11 Å². The Balaban J connectivity index is 2.25. The van der Waals surface area contributed by atoms with Crippen molar-refractivity contribution < 1.29 is 9.53 Å². The largest absolute Gasteiger partial charge is 0.464 e. The molecule has 0 radical (unpaired) electrons. The first-order chi connectivity index (χ1) is 9.63. The lowest BCUT2D eigenvalue weighted by atomic mass is 10.3. The molecular weight excluding hydrogens is 278 g/mol. The van der Waals surface area contributed by atoms with E-state index in [4.69, 9.17) is 0 Å². The number of nitrogens with zero attached hydrogens (tertiary/aromatic N) is 3. The third-order valence-corrected chi connectivity index (χ3v) is 3.87. The van der Waals surface area contributed by atoms with E-state index in [2.05, 4.69) is 9.72 Å².